The van der Waals surface area contributed by atoms with Crippen molar-refractivity contribution in [2.75, 3.05) is 13.2 Å². The molecule has 1 atom stereocenters. The summed E-state index contributed by atoms with van der Waals surface area (Å²) in [6.45, 7) is 0.365. The second kappa shape index (κ2) is 5.02. The van der Waals surface area contributed by atoms with E-state index in [1.165, 1.54) is 0 Å². The van der Waals surface area contributed by atoms with Crippen LogP contribution in [0.5, 0.6) is 0 Å². The Labute approximate surface area is 92.6 Å². The molecule has 0 heterocycles. The fourth-order valence-corrected chi connectivity index (χ4v) is 1.30. The molecule has 92 valence electrons. The fourth-order valence-electron chi connectivity index (χ4n) is 1.30. The molecule has 0 spiro atoms. The van der Waals surface area contributed by atoms with Crippen LogP contribution < -0.4 is 5.32 Å². The molecule has 6 heteroatoms. The summed E-state index contributed by atoms with van der Waals surface area (Å²) in [5, 5.41) is 12.0. The van der Waals surface area contributed by atoms with Gasteiger partial charge in [0.15, 0.2) is 0 Å². The van der Waals surface area contributed by atoms with Crippen LogP contribution in [0.25, 0.3) is 0 Å². The van der Waals surface area contributed by atoms with E-state index in [0.29, 0.717) is 6.04 Å². The van der Waals surface area contributed by atoms with Gasteiger partial charge in [0.2, 0.25) is 0 Å². The van der Waals surface area contributed by atoms with Gasteiger partial charge in [-0.3, -0.25) is 5.32 Å². The largest absolute Gasteiger partial charge is 0.411 e. The molecular formula is C10H15F3N2O. The van der Waals surface area contributed by atoms with Gasteiger partial charge < -0.3 is 4.74 Å². The first-order valence-corrected chi connectivity index (χ1v) is 5.18. The Morgan fingerprint density at radius 1 is 1.44 bits per heavy atom. The van der Waals surface area contributed by atoms with Crippen molar-refractivity contribution in [3.8, 4) is 6.07 Å². The van der Waals surface area contributed by atoms with E-state index < -0.39 is 18.3 Å². The van der Waals surface area contributed by atoms with Crippen LogP contribution in [0.3, 0.4) is 0 Å². The minimum Gasteiger partial charge on any atom is -0.372 e. The maximum Gasteiger partial charge on any atom is 0.411 e. The lowest BCUT2D eigenvalue weighted by molar-refractivity contribution is -0.174. The summed E-state index contributed by atoms with van der Waals surface area (Å²) >= 11 is 0. The summed E-state index contributed by atoms with van der Waals surface area (Å²) in [7, 11) is 0. The summed E-state index contributed by atoms with van der Waals surface area (Å²) < 4.78 is 39.8. The maximum absolute atomic E-state index is 11.8. The van der Waals surface area contributed by atoms with Crippen LogP contribution in [-0.4, -0.2) is 31.0 Å². The minimum absolute atomic E-state index is 0.0662. The maximum atomic E-state index is 11.8. The minimum atomic E-state index is -4.30. The molecule has 1 N–H and O–H groups in total. The normalized spacial score (nSPS) is 20.2. The van der Waals surface area contributed by atoms with Crippen LogP contribution >= 0.6 is 0 Å². The van der Waals surface area contributed by atoms with Crippen molar-refractivity contribution in [2.24, 2.45) is 0 Å². The van der Waals surface area contributed by atoms with Gasteiger partial charge in [0.05, 0.1) is 6.07 Å². The molecule has 0 amide bonds. The molecule has 1 saturated carbocycles. The molecule has 0 saturated heterocycles. The van der Waals surface area contributed by atoms with E-state index in [4.69, 9.17) is 5.26 Å². The van der Waals surface area contributed by atoms with Gasteiger partial charge in [-0.05, 0) is 19.8 Å². The molecule has 0 aromatic rings. The van der Waals surface area contributed by atoms with Gasteiger partial charge in [-0.1, -0.05) is 0 Å². The van der Waals surface area contributed by atoms with Crippen molar-refractivity contribution < 1.29 is 17.9 Å². The van der Waals surface area contributed by atoms with Crippen molar-refractivity contribution >= 4 is 0 Å². The highest BCUT2D eigenvalue weighted by atomic mass is 19.4. The second-order valence-electron chi connectivity index (χ2n) is 4.28. The molecule has 1 aliphatic carbocycles. The van der Waals surface area contributed by atoms with Crippen LogP contribution in [0, 0.1) is 11.3 Å². The average molecular weight is 236 g/mol. The zero-order valence-corrected chi connectivity index (χ0v) is 9.10. The highest BCUT2D eigenvalue weighted by molar-refractivity contribution is 5.06. The van der Waals surface area contributed by atoms with Crippen LogP contribution in [-0.2, 0) is 4.74 Å². The third-order valence-electron chi connectivity index (χ3n) is 2.36. The zero-order valence-electron chi connectivity index (χ0n) is 9.10. The van der Waals surface area contributed by atoms with Gasteiger partial charge in [0.1, 0.15) is 12.1 Å². The van der Waals surface area contributed by atoms with Crippen LogP contribution in [0.15, 0.2) is 0 Å². The smallest absolute Gasteiger partial charge is 0.372 e. The summed E-state index contributed by atoms with van der Waals surface area (Å²) in [5.41, 5.74) is -0.785. The quantitative estimate of drug-likeness (QED) is 0.717. The molecular weight excluding hydrogens is 221 g/mol. The molecule has 3 nitrogen and oxygen atoms in total. The monoisotopic (exact) mass is 236 g/mol. The Hall–Kier alpha value is -0.800. The van der Waals surface area contributed by atoms with Crippen LogP contribution in [0.4, 0.5) is 13.2 Å². The molecule has 0 aromatic carbocycles. The standard InChI is InChI=1S/C10H15F3N2O/c1-9(6-14,15-8-2-3-8)4-5-16-7-10(11,12)13/h8,15H,2-5,7H2,1H3. The van der Waals surface area contributed by atoms with E-state index >= 15 is 0 Å². The molecule has 0 aliphatic heterocycles. The van der Waals surface area contributed by atoms with Crippen LogP contribution in [0.1, 0.15) is 26.2 Å². The lowest BCUT2D eigenvalue weighted by Crippen LogP contribution is -2.43. The number of alkyl halides is 3. The highest BCUT2D eigenvalue weighted by Gasteiger charge is 2.33. The Morgan fingerprint density at radius 3 is 2.50 bits per heavy atom. The molecule has 1 unspecified atom stereocenters. The molecule has 0 radical (unpaired) electrons. The van der Waals surface area contributed by atoms with Gasteiger partial charge in [-0.2, -0.15) is 18.4 Å². The summed E-state index contributed by atoms with van der Waals surface area (Å²) in [6, 6.07) is 2.42. The first-order chi connectivity index (χ1) is 7.35. The van der Waals surface area contributed by atoms with E-state index in [0.717, 1.165) is 12.8 Å². The predicted octanol–water partition coefficient (Wildman–Crippen LogP) is 1.99. The van der Waals surface area contributed by atoms with E-state index in [-0.39, 0.29) is 13.0 Å². The Balaban J connectivity index is 2.20. The molecule has 1 aliphatic rings. The highest BCUT2D eigenvalue weighted by Crippen LogP contribution is 2.24. The van der Waals surface area contributed by atoms with Gasteiger partial charge in [0, 0.05) is 19.1 Å². The van der Waals surface area contributed by atoms with E-state index in [1.807, 2.05) is 0 Å². The molecule has 1 rings (SSSR count). The first-order valence-electron chi connectivity index (χ1n) is 5.18. The summed E-state index contributed by atoms with van der Waals surface area (Å²) in [4.78, 5) is 0. The molecule has 16 heavy (non-hydrogen) atoms. The second-order valence-corrected chi connectivity index (χ2v) is 4.28. The van der Waals surface area contributed by atoms with E-state index in [9.17, 15) is 13.2 Å². The zero-order chi connectivity index (χ0) is 12.2. The third kappa shape index (κ3) is 5.33. The number of nitrogens with zero attached hydrogens (tertiary/aromatic N) is 1. The van der Waals surface area contributed by atoms with Gasteiger partial charge in [0.25, 0.3) is 0 Å². The lowest BCUT2D eigenvalue weighted by Gasteiger charge is -2.23. The van der Waals surface area contributed by atoms with Gasteiger partial charge >= 0.3 is 6.18 Å². The number of ether oxygens (including phenoxy) is 1. The van der Waals surface area contributed by atoms with Crippen molar-refractivity contribution in [3.05, 3.63) is 0 Å². The predicted molar refractivity (Wildman–Crippen MR) is 51.7 cm³/mol. The topological polar surface area (TPSA) is 45.0 Å². The molecule has 0 aromatic heterocycles. The number of rotatable bonds is 6. The summed E-state index contributed by atoms with van der Waals surface area (Å²) in [5.74, 6) is 0. The van der Waals surface area contributed by atoms with E-state index in [2.05, 4.69) is 16.1 Å². The van der Waals surface area contributed by atoms with Gasteiger partial charge in [-0.25, -0.2) is 0 Å². The number of hydrogen-bond acceptors (Lipinski definition) is 3. The Bertz CT molecular complexity index is 270. The fraction of sp³-hybridized carbons (Fsp3) is 0.900. The van der Waals surface area contributed by atoms with Crippen molar-refractivity contribution in [3.63, 3.8) is 0 Å². The van der Waals surface area contributed by atoms with E-state index in [1.54, 1.807) is 6.92 Å². The number of nitrogens with one attached hydrogen (secondary N) is 1. The third-order valence-corrected chi connectivity index (χ3v) is 2.36. The van der Waals surface area contributed by atoms with Gasteiger partial charge in [-0.15, -0.1) is 0 Å². The Kier molecular flexibility index (Phi) is 4.16. The number of halogens is 3. The Morgan fingerprint density at radius 2 is 2.06 bits per heavy atom. The van der Waals surface area contributed by atoms with Crippen molar-refractivity contribution in [2.45, 2.75) is 43.9 Å². The van der Waals surface area contributed by atoms with Crippen molar-refractivity contribution in [1.82, 2.24) is 5.32 Å². The average Bonchev–Trinajstić information content (AvgIpc) is 2.95. The summed E-state index contributed by atoms with van der Waals surface area (Å²) in [6.07, 6.45) is -1.98. The van der Waals surface area contributed by atoms with Crippen molar-refractivity contribution in [1.29, 1.82) is 5.26 Å². The van der Waals surface area contributed by atoms with Crippen LogP contribution in [0.2, 0.25) is 0 Å². The molecule has 0 bridgehead atoms. The SMILES string of the molecule is CC(C#N)(CCOCC(F)(F)F)NC1CC1. The molecule has 1 fully saturated rings. The number of nitriles is 1. The number of hydrogen-bond donors (Lipinski definition) is 1. The lowest BCUT2D eigenvalue weighted by atomic mass is 10.0. The first kappa shape index (κ1) is 13.3.